The van der Waals surface area contributed by atoms with Crippen LogP contribution in [0.15, 0.2) is 46.5 Å². The average Bonchev–Trinajstić information content (AvgIpc) is 3.59. The predicted molar refractivity (Wildman–Crippen MR) is 138 cm³/mol. The normalized spacial score (nSPS) is 16.3. The highest BCUT2D eigenvalue weighted by Crippen LogP contribution is 2.29. The van der Waals surface area contributed by atoms with E-state index in [-0.39, 0.29) is 41.9 Å². The summed E-state index contributed by atoms with van der Waals surface area (Å²) in [6.45, 7) is 1.81. The van der Waals surface area contributed by atoms with Crippen molar-refractivity contribution >= 4 is 17.5 Å². The van der Waals surface area contributed by atoms with Crippen LogP contribution in [0.2, 0.25) is 0 Å². The number of carbonyl (C=O) groups is 2. The van der Waals surface area contributed by atoms with Crippen molar-refractivity contribution in [2.75, 3.05) is 7.11 Å². The van der Waals surface area contributed by atoms with E-state index in [9.17, 15) is 18.8 Å². The predicted octanol–water partition coefficient (Wildman–Crippen LogP) is 2.24. The zero-order valence-corrected chi connectivity index (χ0v) is 21.4. The van der Waals surface area contributed by atoms with Crippen molar-refractivity contribution in [2.45, 2.75) is 51.3 Å². The molecule has 1 atom stereocenters. The Hall–Kier alpha value is -4.61. The van der Waals surface area contributed by atoms with E-state index in [0.717, 1.165) is 12.8 Å². The molecular weight excluding hydrogens is 507 g/mol. The van der Waals surface area contributed by atoms with Gasteiger partial charge in [-0.2, -0.15) is 0 Å². The number of aromatic nitrogens is 3. The van der Waals surface area contributed by atoms with Gasteiger partial charge >= 0.3 is 0 Å². The van der Waals surface area contributed by atoms with E-state index >= 15 is 0 Å². The molecular formula is C27H27FN6O5. The van der Waals surface area contributed by atoms with Gasteiger partial charge in [0, 0.05) is 36.3 Å². The van der Waals surface area contributed by atoms with Gasteiger partial charge in [-0.25, -0.2) is 14.4 Å². The SMILES string of the molecule is COc1cc(CNC(=O)c2cc(C3=NOC(c4c[nH]c(=O)c(CC(=O)NC5CC5)c4)C3)nc(C)n2)ccc1F. The highest BCUT2D eigenvalue weighted by Gasteiger charge is 2.28. The van der Waals surface area contributed by atoms with E-state index in [1.54, 1.807) is 25.3 Å². The maximum absolute atomic E-state index is 13.7. The second-order valence-corrected chi connectivity index (χ2v) is 9.48. The Morgan fingerprint density at radius 2 is 2.03 bits per heavy atom. The summed E-state index contributed by atoms with van der Waals surface area (Å²) in [4.78, 5) is 54.2. The number of H-pyrrole nitrogens is 1. The van der Waals surface area contributed by atoms with Gasteiger partial charge in [-0.05, 0) is 49.6 Å². The first-order valence-corrected chi connectivity index (χ1v) is 12.5. The van der Waals surface area contributed by atoms with Crippen LogP contribution in [-0.2, 0) is 22.6 Å². The van der Waals surface area contributed by atoms with Crippen LogP contribution in [0.5, 0.6) is 5.75 Å². The van der Waals surface area contributed by atoms with Crippen molar-refractivity contribution in [3.8, 4) is 5.75 Å². The van der Waals surface area contributed by atoms with Crippen LogP contribution in [0.4, 0.5) is 4.39 Å². The minimum Gasteiger partial charge on any atom is -0.494 e. The second kappa shape index (κ2) is 11.0. The number of methoxy groups -OCH3 is 1. The smallest absolute Gasteiger partial charge is 0.270 e. The molecule has 3 aromatic rings. The molecule has 3 heterocycles. The number of pyridine rings is 1. The van der Waals surface area contributed by atoms with Gasteiger partial charge in [0.15, 0.2) is 17.7 Å². The van der Waals surface area contributed by atoms with Crippen molar-refractivity contribution in [3.05, 3.63) is 86.6 Å². The molecule has 202 valence electrons. The molecule has 1 saturated carbocycles. The average molecular weight is 535 g/mol. The van der Waals surface area contributed by atoms with Crippen LogP contribution in [0.3, 0.4) is 0 Å². The van der Waals surface area contributed by atoms with E-state index in [0.29, 0.717) is 40.3 Å². The van der Waals surface area contributed by atoms with Crippen LogP contribution in [-0.4, -0.2) is 45.6 Å². The van der Waals surface area contributed by atoms with Crippen LogP contribution < -0.4 is 20.9 Å². The fourth-order valence-electron chi connectivity index (χ4n) is 4.17. The Morgan fingerprint density at radius 1 is 1.21 bits per heavy atom. The van der Waals surface area contributed by atoms with Crippen LogP contribution in [0.25, 0.3) is 0 Å². The number of oxime groups is 1. The molecule has 1 aliphatic heterocycles. The molecule has 12 heteroatoms. The first kappa shape index (κ1) is 26.0. The number of nitrogens with one attached hydrogen (secondary N) is 3. The van der Waals surface area contributed by atoms with Gasteiger partial charge in [-0.1, -0.05) is 11.2 Å². The number of benzene rings is 1. The molecule has 1 aliphatic carbocycles. The molecule has 39 heavy (non-hydrogen) atoms. The van der Waals surface area contributed by atoms with Gasteiger partial charge in [0.1, 0.15) is 17.2 Å². The maximum atomic E-state index is 13.7. The van der Waals surface area contributed by atoms with Crippen LogP contribution in [0.1, 0.15) is 64.1 Å². The standard InChI is InChI=1S/C27H27FN6O5/c1-14-31-20(10-22(32-14)27(37)29-12-15-3-6-19(28)24(7-15)38-2)21-11-23(39-34-21)17-8-16(26(36)30-13-17)9-25(35)33-18-4-5-18/h3,6-8,10,13,18,23H,4-5,9,11-12H2,1-2H3,(H,29,37)(H,30,36)(H,33,35). The highest BCUT2D eigenvalue weighted by atomic mass is 19.1. The fourth-order valence-corrected chi connectivity index (χ4v) is 4.17. The number of aryl methyl sites for hydroxylation is 1. The number of hydrogen-bond donors (Lipinski definition) is 3. The Balaban J connectivity index is 1.25. The number of carbonyl (C=O) groups excluding carboxylic acids is 2. The molecule has 0 spiro atoms. The van der Waals surface area contributed by atoms with Gasteiger partial charge in [-0.15, -0.1) is 0 Å². The van der Waals surface area contributed by atoms with E-state index in [4.69, 9.17) is 9.57 Å². The van der Waals surface area contributed by atoms with E-state index < -0.39 is 17.8 Å². The lowest BCUT2D eigenvalue weighted by Gasteiger charge is -2.10. The molecule has 2 aromatic heterocycles. The lowest BCUT2D eigenvalue weighted by Crippen LogP contribution is -2.29. The van der Waals surface area contributed by atoms with Crippen molar-refractivity contribution < 1.29 is 23.6 Å². The minimum atomic E-state index is -0.497. The minimum absolute atomic E-state index is 0.0195. The van der Waals surface area contributed by atoms with Gasteiger partial charge in [0.2, 0.25) is 5.91 Å². The van der Waals surface area contributed by atoms with Gasteiger partial charge < -0.3 is 25.2 Å². The number of amides is 2. The number of halogens is 1. The first-order valence-electron chi connectivity index (χ1n) is 12.5. The summed E-state index contributed by atoms with van der Waals surface area (Å²) < 4.78 is 18.6. The molecule has 2 aliphatic rings. The monoisotopic (exact) mass is 534 g/mol. The van der Waals surface area contributed by atoms with E-state index in [1.807, 2.05) is 0 Å². The molecule has 0 bridgehead atoms. The number of ether oxygens (including phenoxy) is 1. The summed E-state index contributed by atoms with van der Waals surface area (Å²) >= 11 is 0. The quantitative estimate of drug-likeness (QED) is 0.381. The summed E-state index contributed by atoms with van der Waals surface area (Å²) in [5.74, 6) is -0.646. The van der Waals surface area contributed by atoms with Gasteiger partial charge in [0.05, 0.1) is 19.2 Å². The van der Waals surface area contributed by atoms with Gasteiger partial charge in [-0.3, -0.25) is 14.4 Å². The first-order chi connectivity index (χ1) is 18.8. The number of nitrogens with zero attached hydrogens (tertiary/aromatic N) is 3. The van der Waals surface area contributed by atoms with Crippen molar-refractivity contribution in [3.63, 3.8) is 0 Å². The molecule has 3 N–H and O–H groups in total. The molecule has 5 rings (SSSR count). The van der Waals surface area contributed by atoms with Crippen LogP contribution in [0, 0.1) is 12.7 Å². The lowest BCUT2D eigenvalue weighted by atomic mass is 10.0. The van der Waals surface area contributed by atoms with E-state index in [1.165, 1.54) is 25.3 Å². The van der Waals surface area contributed by atoms with Gasteiger partial charge in [0.25, 0.3) is 11.5 Å². The summed E-state index contributed by atoms with van der Waals surface area (Å²) in [5.41, 5.74) is 2.44. The van der Waals surface area contributed by atoms with Crippen molar-refractivity contribution in [1.82, 2.24) is 25.6 Å². The fraction of sp³-hybridized carbons (Fsp3) is 0.333. The number of hydrogen-bond acceptors (Lipinski definition) is 8. The molecule has 1 unspecified atom stereocenters. The van der Waals surface area contributed by atoms with Crippen molar-refractivity contribution in [2.24, 2.45) is 5.16 Å². The Labute approximate surface area is 222 Å². The molecule has 1 fully saturated rings. The Morgan fingerprint density at radius 3 is 2.79 bits per heavy atom. The molecule has 11 nitrogen and oxygen atoms in total. The maximum Gasteiger partial charge on any atom is 0.270 e. The molecule has 2 amide bonds. The third-order valence-corrected chi connectivity index (χ3v) is 6.37. The third-order valence-electron chi connectivity index (χ3n) is 6.37. The number of aromatic amines is 1. The van der Waals surface area contributed by atoms with Crippen molar-refractivity contribution in [1.29, 1.82) is 0 Å². The Kier molecular flexibility index (Phi) is 7.35. The zero-order valence-electron chi connectivity index (χ0n) is 21.4. The highest BCUT2D eigenvalue weighted by molar-refractivity contribution is 6.02. The largest absolute Gasteiger partial charge is 0.494 e. The lowest BCUT2D eigenvalue weighted by molar-refractivity contribution is -0.120. The number of rotatable bonds is 9. The summed E-state index contributed by atoms with van der Waals surface area (Å²) in [5, 5.41) is 9.80. The molecule has 1 aromatic carbocycles. The zero-order chi connectivity index (χ0) is 27.5. The molecule has 0 saturated heterocycles. The third kappa shape index (κ3) is 6.28. The molecule has 0 radical (unpaired) electrons. The summed E-state index contributed by atoms with van der Waals surface area (Å²) in [6.07, 6.45) is 3.30. The topological polar surface area (TPSA) is 148 Å². The second-order valence-electron chi connectivity index (χ2n) is 9.48. The summed E-state index contributed by atoms with van der Waals surface area (Å²) in [7, 11) is 1.37. The Bertz CT molecular complexity index is 1520. The summed E-state index contributed by atoms with van der Waals surface area (Å²) in [6, 6.07) is 7.74. The van der Waals surface area contributed by atoms with E-state index in [2.05, 4.69) is 30.7 Å². The van der Waals surface area contributed by atoms with Crippen LogP contribution >= 0.6 is 0 Å².